The summed E-state index contributed by atoms with van der Waals surface area (Å²) in [6, 6.07) is 1.99. The van der Waals surface area contributed by atoms with Gasteiger partial charge in [-0.25, -0.2) is 14.6 Å². The van der Waals surface area contributed by atoms with E-state index < -0.39 is 24.0 Å². The summed E-state index contributed by atoms with van der Waals surface area (Å²) in [4.78, 5) is 41.1. The van der Waals surface area contributed by atoms with E-state index in [0.717, 1.165) is 5.01 Å². The summed E-state index contributed by atoms with van der Waals surface area (Å²) in [6.45, 7) is 5.13. The van der Waals surface area contributed by atoms with E-state index in [9.17, 15) is 14.4 Å². The monoisotopic (exact) mass is 419 g/mol. The molecule has 2 aromatic heterocycles. The second-order valence-electron chi connectivity index (χ2n) is 6.29. The third-order valence-electron chi connectivity index (χ3n) is 4.06. The smallest absolute Gasteiger partial charge is 0.338 e. The number of urea groups is 1. The summed E-state index contributed by atoms with van der Waals surface area (Å²) in [7, 11) is 0. The lowest BCUT2D eigenvalue weighted by Crippen LogP contribution is -2.47. The number of carbonyl (C=O) groups is 3. The van der Waals surface area contributed by atoms with E-state index in [4.69, 9.17) is 13.9 Å². The van der Waals surface area contributed by atoms with Gasteiger partial charge in [-0.2, -0.15) is 0 Å². The molecule has 10 heteroatoms. The summed E-state index contributed by atoms with van der Waals surface area (Å²) >= 11 is 1.44. The maximum atomic E-state index is 12.6. The van der Waals surface area contributed by atoms with Gasteiger partial charge in [-0.15, -0.1) is 11.3 Å². The number of thiazole rings is 1. The molecule has 154 valence electrons. The minimum Gasteiger partial charge on any atom is -0.464 e. The summed E-state index contributed by atoms with van der Waals surface area (Å²) in [5.74, 6) is -0.158. The lowest BCUT2D eigenvalue weighted by molar-refractivity contribution is -0.143. The molecule has 29 heavy (non-hydrogen) atoms. The van der Waals surface area contributed by atoms with Crippen LogP contribution >= 0.6 is 11.3 Å². The highest BCUT2D eigenvalue weighted by molar-refractivity contribution is 7.09. The molecular weight excluding hydrogens is 398 g/mol. The molecule has 1 unspecified atom stereocenters. The van der Waals surface area contributed by atoms with Gasteiger partial charge in [0.1, 0.15) is 24.2 Å². The largest absolute Gasteiger partial charge is 0.464 e. The lowest BCUT2D eigenvalue weighted by Gasteiger charge is -2.27. The highest BCUT2D eigenvalue weighted by Crippen LogP contribution is 2.29. The Bertz CT molecular complexity index is 961. The molecule has 0 aliphatic carbocycles. The number of ether oxygens (including phenoxy) is 2. The quantitative estimate of drug-likeness (QED) is 0.661. The van der Waals surface area contributed by atoms with E-state index in [1.165, 1.54) is 11.3 Å². The lowest BCUT2D eigenvalue weighted by atomic mass is 10.0. The third-order valence-corrected chi connectivity index (χ3v) is 4.89. The van der Waals surface area contributed by atoms with Crippen molar-refractivity contribution in [1.82, 2.24) is 15.6 Å². The maximum Gasteiger partial charge on any atom is 0.338 e. The Morgan fingerprint density at radius 2 is 2.07 bits per heavy atom. The molecule has 0 saturated carbocycles. The molecular formula is C19H21N3O6S. The average molecular weight is 419 g/mol. The van der Waals surface area contributed by atoms with E-state index in [1.807, 2.05) is 6.92 Å². The summed E-state index contributed by atoms with van der Waals surface area (Å²) < 4.78 is 16.0. The molecule has 1 atom stereocenters. The number of furan rings is 1. The summed E-state index contributed by atoms with van der Waals surface area (Å²) in [5, 5.41) is 7.80. The van der Waals surface area contributed by atoms with Gasteiger partial charge < -0.3 is 24.5 Å². The van der Waals surface area contributed by atoms with Crippen molar-refractivity contribution in [3.63, 3.8) is 0 Å². The van der Waals surface area contributed by atoms with Crippen LogP contribution in [0.25, 0.3) is 0 Å². The number of hydrogen-bond donors (Lipinski definition) is 2. The molecule has 2 aromatic rings. The number of aryl methyl sites for hydroxylation is 2. The predicted molar refractivity (Wildman–Crippen MR) is 103 cm³/mol. The zero-order valence-electron chi connectivity index (χ0n) is 16.2. The van der Waals surface area contributed by atoms with E-state index in [-0.39, 0.29) is 30.9 Å². The van der Waals surface area contributed by atoms with Crippen molar-refractivity contribution in [3.8, 4) is 0 Å². The van der Waals surface area contributed by atoms with Crippen molar-refractivity contribution in [2.75, 3.05) is 13.2 Å². The normalized spacial score (nSPS) is 16.2. The van der Waals surface area contributed by atoms with Gasteiger partial charge in [0, 0.05) is 5.38 Å². The second-order valence-corrected chi connectivity index (χ2v) is 7.35. The van der Waals surface area contributed by atoms with Crippen LogP contribution in [0.2, 0.25) is 0 Å². The van der Waals surface area contributed by atoms with Gasteiger partial charge in [-0.05, 0) is 32.9 Å². The van der Waals surface area contributed by atoms with Crippen LogP contribution in [0, 0.1) is 13.8 Å². The minimum atomic E-state index is -0.855. The van der Waals surface area contributed by atoms with Crippen LogP contribution in [0.1, 0.15) is 35.2 Å². The number of nitrogens with zero attached hydrogens (tertiary/aromatic N) is 1. The van der Waals surface area contributed by atoms with Gasteiger partial charge in [-0.1, -0.05) is 0 Å². The van der Waals surface area contributed by atoms with Crippen molar-refractivity contribution in [2.45, 2.75) is 33.2 Å². The van der Waals surface area contributed by atoms with Crippen molar-refractivity contribution in [1.29, 1.82) is 0 Å². The molecule has 0 radical (unpaired) electrons. The van der Waals surface area contributed by atoms with E-state index in [2.05, 4.69) is 15.6 Å². The van der Waals surface area contributed by atoms with Crippen LogP contribution in [-0.2, 0) is 25.5 Å². The molecule has 0 fully saturated rings. The van der Waals surface area contributed by atoms with Crippen LogP contribution in [-0.4, -0.2) is 36.2 Å². The van der Waals surface area contributed by atoms with E-state index in [1.54, 1.807) is 31.4 Å². The van der Waals surface area contributed by atoms with Crippen LogP contribution in [0.3, 0.4) is 0 Å². The Balaban J connectivity index is 1.82. The molecule has 0 saturated heterocycles. The first-order valence-electron chi connectivity index (χ1n) is 8.98. The Labute approximate surface area is 171 Å². The fraction of sp³-hybridized carbons (Fsp3) is 0.368. The van der Waals surface area contributed by atoms with Crippen LogP contribution in [0.5, 0.6) is 0 Å². The maximum absolute atomic E-state index is 12.6. The van der Waals surface area contributed by atoms with Crippen LogP contribution in [0.15, 0.2) is 33.2 Å². The number of hydrogen-bond acceptors (Lipinski definition) is 8. The van der Waals surface area contributed by atoms with Gasteiger partial charge in [-0.3, -0.25) is 4.79 Å². The van der Waals surface area contributed by atoms with Crippen molar-refractivity contribution < 1.29 is 28.3 Å². The van der Waals surface area contributed by atoms with Crippen LogP contribution < -0.4 is 10.6 Å². The van der Waals surface area contributed by atoms with Gasteiger partial charge >= 0.3 is 18.0 Å². The minimum absolute atomic E-state index is 0.000632. The SMILES string of the molecule is CCOC(=O)C1=C(COC(=O)Cc2csc(C)n2)NC(=O)NC1c1ccc(C)o1. The Morgan fingerprint density at radius 1 is 1.28 bits per heavy atom. The second kappa shape index (κ2) is 8.91. The van der Waals surface area contributed by atoms with Gasteiger partial charge in [0.25, 0.3) is 0 Å². The Hall–Kier alpha value is -3.14. The number of esters is 2. The molecule has 1 aliphatic heterocycles. The first-order valence-corrected chi connectivity index (χ1v) is 9.86. The van der Waals surface area contributed by atoms with Gasteiger partial charge in [0.15, 0.2) is 0 Å². The molecule has 0 bridgehead atoms. The molecule has 3 rings (SSSR count). The number of rotatable bonds is 7. The topological polar surface area (TPSA) is 120 Å². The molecule has 0 aromatic carbocycles. The van der Waals surface area contributed by atoms with E-state index >= 15 is 0 Å². The first-order chi connectivity index (χ1) is 13.9. The number of amides is 2. The Morgan fingerprint density at radius 3 is 2.69 bits per heavy atom. The zero-order valence-corrected chi connectivity index (χ0v) is 17.1. The standard InChI is InChI=1S/C19H21N3O6S/c1-4-26-18(24)16-13(8-27-15(23)7-12-9-29-11(3)20-12)21-19(25)22-17(16)14-6-5-10(2)28-14/h5-6,9,17H,4,7-8H2,1-3H3,(H2,21,22,25). The van der Waals surface area contributed by atoms with E-state index in [0.29, 0.717) is 17.2 Å². The summed E-state index contributed by atoms with van der Waals surface area (Å²) in [6.07, 6.45) is -0.000632. The molecule has 9 nitrogen and oxygen atoms in total. The highest BCUT2D eigenvalue weighted by atomic mass is 32.1. The summed E-state index contributed by atoms with van der Waals surface area (Å²) in [5.41, 5.74) is 0.877. The predicted octanol–water partition coefficient (Wildman–Crippen LogP) is 2.31. The fourth-order valence-corrected chi connectivity index (χ4v) is 3.46. The van der Waals surface area contributed by atoms with Crippen LogP contribution in [0.4, 0.5) is 4.79 Å². The molecule has 1 aliphatic rings. The number of nitrogens with one attached hydrogen (secondary N) is 2. The highest BCUT2D eigenvalue weighted by Gasteiger charge is 2.36. The third kappa shape index (κ3) is 5.02. The van der Waals surface area contributed by atoms with Crippen molar-refractivity contribution in [2.24, 2.45) is 0 Å². The number of aromatic nitrogens is 1. The molecule has 3 heterocycles. The first kappa shape index (κ1) is 20.6. The average Bonchev–Trinajstić information content (AvgIpc) is 3.27. The van der Waals surface area contributed by atoms with Crippen molar-refractivity contribution in [3.05, 3.63) is 51.0 Å². The van der Waals surface area contributed by atoms with Gasteiger partial charge in [0.2, 0.25) is 0 Å². The Kier molecular flexibility index (Phi) is 6.32. The molecule has 2 N–H and O–H groups in total. The molecule has 2 amide bonds. The zero-order chi connectivity index (χ0) is 21.0. The number of carbonyl (C=O) groups excluding carboxylic acids is 3. The van der Waals surface area contributed by atoms with Gasteiger partial charge in [0.05, 0.1) is 35.0 Å². The fourth-order valence-electron chi connectivity index (χ4n) is 2.84. The molecule has 0 spiro atoms. The van der Waals surface area contributed by atoms with Crippen molar-refractivity contribution >= 4 is 29.3 Å².